The highest BCUT2D eigenvalue weighted by Gasteiger charge is 2.21. The number of amides is 1. The fourth-order valence-electron chi connectivity index (χ4n) is 2.63. The van der Waals surface area contributed by atoms with Gasteiger partial charge in [-0.2, -0.15) is 0 Å². The molecule has 2 N–H and O–H groups in total. The molecule has 1 atom stereocenters. The number of ether oxygens (including phenoxy) is 1. The second-order valence-electron chi connectivity index (χ2n) is 5.27. The van der Waals surface area contributed by atoms with E-state index in [2.05, 4.69) is 15.6 Å². The van der Waals surface area contributed by atoms with Crippen LogP contribution in [0.15, 0.2) is 35.2 Å². The maximum Gasteiger partial charge on any atom is 0.241 e. The van der Waals surface area contributed by atoms with Crippen molar-refractivity contribution in [2.75, 3.05) is 19.0 Å². The number of piperidine rings is 1. The summed E-state index contributed by atoms with van der Waals surface area (Å²) < 4.78 is 10.7. The van der Waals surface area contributed by atoms with Gasteiger partial charge in [-0.25, -0.2) is 4.98 Å². The number of anilines is 1. The van der Waals surface area contributed by atoms with Crippen LogP contribution in [0.1, 0.15) is 19.3 Å². The molecule has 1 saturated heterocycles. The zero-order valence-corrected chi connectivity index (χ0v) is 12.5. The molecule has 22 heavy (non-hydrogen) atoms. The maximum absolute atomic E-state index is 12.2. The molecule has 1 fully saturated rings. The molecule has 116 valence electrons. The van der Waals surface area contributed by atoms with Crippen molar-refractivity contribution in [2.24, 2.45) is 0 Å². The fourth-order valence-corrected chi connectivity index (χ4v) is 2.63. The normalized spacial score (nSPS) is 18.0. The van der Waals surface area contributed by atoms with Gasteiger partial charge < -0.3 is 19.8 Å². The molecule has 6 nitrogen and oxygen atoms in total. The molecule has 1 amide bonds. The van der Waals surface area contributed by atoms with Crippen LogP contribution in [0.3, 0.4) is 0 Å². The van der Waals surface area contributed by atoms with E-state index in [-0.39, 0.29) is 11.9 Å². The standard InChI is InChI=1S/C16H19N3O3/c1-21-14-8-11(5-6-12(14)15-9-17-10-22-15)19-16(20)13-4-2-3-7-18-13/h5-6,8-10,13,18H,2-4,7H2,1H3,(H,19,20)/t13-/m0/s1. The van der Waals surface area contributed by atoms with E-state index >= 15 is 0 Å². The molecule has 0 unspecified atom stereocenters. The van der Waals surface area contributed by atoms with E-state index in [9.17, 15) is 4.79 Å². The van der Waals surface area contributed by atoms with Crippen LogP contribution in [0.4, 0.5) is 5.69 Å². The molecule has 6 heteroatoms. The summed E-state index contributed by atoms with van der Waals surface area (Å²) in [6.45, 7) is 0.895. The van der Waals surface area contributed by atoms with Gasteiger partial charge in [0, 0.05) is 11.8 Å². The summed E-state index contributed by atoms with van der Waals surface area (Å²) in [6, 6.07) is 5.36. The zero-order valence-electron chi connectivity index (χ0n) is 12.5. The van der Waals surface area contributed by atoms with E-state index in [0.717, 1.165) is 31.4 Å². The van der Waals surface area contributed by atoms with Crippen LogP contribution in [-0.2, 0) is 4.79 Å². The lowest BCUT2D eigenvalue weighted by molar-refractivity contribution is -0.118. The Morgan fingerprint density at radius 2 is 2.36 bits per heavy atom. The van der Waals surface area contributed by atoms with E-state index in [1.807, 2.05) is 12.1 Å². The zero-order chi connectivity index (χ0) is 15.4. The fraction of sp³-hybridized carbons (Fsp3) is 0.375. The van der Waals surface area contributed by atoms with E-state index in [1.54, 1.807) is 19.4 Å². The van der Waals surface area contributed by atoms with E-state index in [0.29, 0.717) is 17.2 Å². The lowest BCUT2D eigenvalue weighted by Gasteiger charge is -2.22. The summed E-state index contributed by atoms with van der Waals surface area (Å²) in [6.07, 6.45) is 6.09. The largest absolute Gasteiger partial charge is 0.496 e. The van der Waals surface area contributed by atoms with Crippen LogP contribution in [0.5, 0.6) is 5.75 Å². The average molecular weight is 301 g/mol. The number of methoxy groups -OCH3 is 1. The summed E-state index contributed by atoms with van der Waals surface area (Å²) in [5, 5.41) is 6.17. The van der Waals surface area contributed by atoms with Crippen molar-refractivity contribution in [3.8, 4) is 17.1 Å². The maximum atomic E-state index is 12.2. The van der Waals surface area contributed by atoms with Gasteiger partial charge in [-0.3, -0.25) is 4.79 Å². The number of hydrogen-bond donors (Lipinski definition) is 2. The summed E-state index contributed by atoms with van der Waals surface area (Å²) in [7, 11) is 1.59. The first kappa shape index (κ1) is 14.6. The van der Waals surface area contributed by atoms with Gasteiger partial charge in [0.15, 0.2) is 12.2 Å². The number of nitrogens with zero attached hydrogens (tertiary/aromatic N) is 1. The van der Waals surface area contributed by atoms with Crippen molar-refractivity contribution in [2.45, 2.75) is 25.3 Å². The summed E-state index contributed by atoms with van der Waals surface area (Å²) in [5.74, 6) is 1.25. The first-order valence-corrected chi connectivity index (χ1v) is 7.39. The minimum absolute atomic E-state index is 0.00540. The average Bonchev–Trinajstić information content (AvgIpc) is 3.09. The second-order valence-corrected chi connectivity index (χ2v) is 5.27. The summed E-state index contributed by atoms with van der Waals surface area (Å²) in [5.41, 5.74) is 1.51. The Hall–Kier alpha value is -2.34. The minimum Gasteiger partial charge on any atom is -0.496 e. The number of rotatable bonds is 4. The third kappa shape index (κ3) is 3.12. The number of aromatic nitrogens is 1. The Labute approximate surface area is 128 Å². The number of oxazole rings is 1. The Morgan fingerprint density at radius 1 is 1.45 bits per heavy atom. The van der Waals surface area contributed by atoms with E-state index < -0.39 is 0 Å². The topological polar surface area (TPSA) is 76.4 Å². The Morgan fingerprint density at radius 3 is 3.05 bits per heavy atom. The molecule has 1 aliphatic heterocycles. The van der Waals surface area contributed by atoms with Crippen LogP contribution in [0, 0.1) is 0 Å². The molecular weight excluding hydrogens is 282 g/mol. The third-order valence-corrected chi connectivity index (χ3v) is 3.79. The van der Waals surface area contributed by atoms with Gasteiger partial charge >= 0.3 is 0 Å². The van der Waals surface area contributed by atoms with Crippen molar-refractivity contribution in [3.05, 3.63) is 30.8 Å². The first-order valence-electron chi connectivity index (χ1n) is 7.39. The lowest BCUT2D eigenvalue weighted by Crippen LogP contribution is -2.43. The molecule has 0 bridgehead atoms. The van der Waals surface area contributed by atoms with Gasteiger partial charge in [-0.1, -0.05) is 6.42 Å². The smallest absolute Gasteiger partial charge is 0.241 e. The van der Waals surface area contributed by atoms with Crippen LogP contribution >= 0.6 is 0 Å². The first-order chi connectivity index (χ1) is 10.8. The number of hydrogen-bond acceptors (Lipinski definition) is 5. The SMILES string of the molecule is COc1cc(NC(=O)[C@@H]2CCCCN2)ccc1-c1cnco1. The number of carbonyl (C=O) groups is 1. The molecule has 0 aliphatic carbocycles. The highest BCUT2D eigenvalue weighted by molar-refractivity contribution is 5.95. The van der Waals surface area contributed by atoms with Gasteiger partial charge in [-0.05, 0) is 31.5 Å². The Bertz CT molecular complexity index is 634. The number of benzene rings is 1. The molecular formula is C16H19N3O3. The van der Waals surface area contributed by atoms with Gasteiger partial charge in [0.05, 0.1) is 24.9 Å². The highest BCUT2D eigenvalue weighted by Crippen LogP contribution is 2.32. The van der Waals surface area contributed by atoms with Gasteiger partial charge in [0.2, 0.25) is 5.91 Å². The molecule has 3 rings (SSSR count). The van der Waals surface area contributed by atoms with E-state index in [1.165, 1.54) is 6.39 Å². The highest BCUT2D eigenvalue weighted by atomic mass is 16.5. The molecule has 0 saturated carbocycles. The lowest BCUT2D eigenvalue weighted by atomic mass is 10.0. The minimum atomic E-state index is -0.117. The molecule has 1 aromatic heterocycles. The van der Waals surface area contributed by atoms with Crippen molar-refractivity contribution in [1.29, 1.82) is 0 Å². The monoisotopic (exact) mass is 301 g/mol. The van der Waals surface area contributed by atoms with E-state index in [4.69, 9.17) is 9.15 Å². The van der Waals surface area contributed by atoms with Crippen LogP contribution in [-0.4, -0.2) is 30.6 Å². The second kappa shape index (κ2) is 6.62. The van der Waals surface area contributed by atoms with Crippen molar-refractivity contribution in [1.82, 2.24) is 10.3 Å². The van der Waals surface area contributed by atoms with Crippen molar-refractivity contribution >= 4 is 11.6 Å². The molecule has 1 aromatic carbocycles. The van der Waals surface area contributed by atoms with Crippen LogP contribution < -0.4 is 15.4 Å². The predicted molar refractivity (Wildman–Crippen MR) is 82.8 cm³/mol. The Balaban J connectivity index is 1.76. The predicted octanol–water partition coefficient (Wildman–Crippen LogP) is 2.43. The van der Waals surface area contributed by atoms with Crippen LogP contribution in [0.25, 0.3) is 11.3 Å². The molecule has 2 heterocycles. The molecule has 0 spiro atoms. The third-order valence-electron chi connectivity index (χ3n) is 3.79. The van der Waals surface area contributed by atoms with Crippen molar-refractivity contribution in [3.63, 3.8) is 0 Å². The molecule has 1 aliphatic rings. The number of nitrogens with one attached hydrogen (secondary N) is 2. The van der Waals surface area contributed by atoms with Gasteiger partial charge in [0.25, 0.3) is 0 Å². The Kier molecular flexibility index (Phi) is 4.39. The van der Waals surface area contributed by atoms with Crippen molar-refractivity contribution < 1.29 is 13.9 Å². The van der Waals surface area contributed by atoms with Gasteiger partial charge in [0.1, 0.15) is 5.75 Å². The molecule has 2 aromatic rings. The van der Waals surface area contributed by atoms with Crippen LogP contribution in [0.2, 0.25) is 0 Å². The quantitative estimate of drug-likeness (QED) is 0.907. The number of carbonyl (C=O) groups excluding carboxylic acids is 1. The van der Waals surface area contributed by atoms with Gasteiger partial charge in [-0.15, -0.1) is 0 Å². The summed E-state index contributed by atoms with van der Waals surface area (Å²) >= 11 is 0. The molecule has 0 radical (unpaired) electrons. The summed E-state index contributed by atoms with van der Waals surface area (Å²) in [4.78, 5) is 16.1.